The number of fused-ring (bicyclic) bond motifs is 1. The lowest BCUT2D eigenvalue weighted by atomic mass is 9.93. The van der Waals surface area contributed by atoms with E-state index in [1.807, 2.05) is 6.92 Å². The first-order valence-electron chi connectivity index (χ1n) is 5.95. The zero-order valence-corrected chi connectivity index (χ0v) is 10.0. The van der Waals surface area contributed by atoms with Crippen molar-refractivity contribution in [2.24, 2.45) is 11.8 Å². The number of esters is 1. The summed E-state index contributed by atoms with van der Waals surface area (Å²) < 4.78 is 5.56. The first kappa shape index (κ1) is 11.6. The normalized spacial score (nSPS) is 46.4. The number of hydrogen-bond donors (Lipinski definition) is 1. The van der Waals surface area contributed by atoms with Gasteiger partial charge in [0, 0.05) is 18.4 Å². The van der Waals surface area contributed by atoms with Gasteiger partial charge in [0.05, 0.1) is 5.60 Å². The van der Waals surface area contributed by atoms with Gasteiger partial charge in [0.15, 0.2) is 0 Å². The van der Waals surface area contributed by atoms with Crippen molar-refractivity contribution < 1.29 is 14.6 Å². The first-order valence-corrected chi connectivity index (χ1v) is 5.95. The number of carbonyl (C=O) groups excluding carboxylic acids is 1. The molecule has 3 nitrogen and oxygen atoms in total. The molecule has 0 aromatic heterocycles. The van der Waals surface area contributed by atoms with Gasteiger partial charge >= 0.3 is 5.97 Å². The fourth-order valence-electron chi connectivity index (χ4n) is 3.68. The molecule has 4 atom stereocenters. The van der Waals surface area contributed by atoms with E-state index >= 15 is 0 Å². The zero-order valence-electron chi connectivity index (χ0n) is 10.0. The van der Waals surface area contributed by atoms with E-state index in [4.69, 9.17) is 4.74 Å². The van der Waals surface area contributed by atoms with Crippen molar-refractivity contribution in [2.45, 2.75) is 50.7 Å². The summed E-state index contributed by atoms with van der Waals surface area (Å²) in [6.07, 6.45) is 4.42. The third kappa shape index (κ3) is 1.88. The van der Waals surface area contributed by atoms with Gasteiger partial charge in [0.2, 0.25) is 0 Å². The molecule has 0 saturated heterocycles. The Bertz CT molecular complexity index is 321. The minimum absolute atomic E-state index is 0.307. The Morgan fingerprint density at radius 2 is 2.25 bits per heavy atom. The molecule has 1 N–H and O–H groups in total. The van der Waals surface area contributed by atoms with Crippen LogP contribution in [0.3, 0.4) is 0 Å². The third-order valence-corrected chi connectivity index (χ3v) is 3.96. The maximum absolute atomic E-state index is 11.4. The summed E-state index contributed by atoms with van der Waals surface area (Å²) >= 11 is 0. The van der Waals surface area contributed by atoms with Gasteiger partial charge in [-0.3, -0.25) is 0 Å². The first-order chi connectivity index (χ1) is 7.37. The average Bonchev–Trinajstić information content (AvgIpc) is 2.51. The largest absolute Gasteiger partial charge is 0.456 e. The van der Waals surface area contributed by atoms with Crippen molar-refractivity contribution in [3.63, 3.8) is 0 Å². The van der Waals surface area contributed by atoms with Crippen molar-refractivity contribution in [1.29, 1.82) is 0 Å². The number of rotatable bonds is 2. The quantitative estimate of drug-likeness (QED) is 0.577. The van der Waals surface area contributed by atoms with Crippen molar-refractivity contribution in [3.05, 3.63) is 12.7 Å². The van der Waals surface area contributed by atoms with E-state index in [9.17, 15) is 9.90 Å². The average molecular weight is 224 g/mol. The highest BCUT2D eigenvalue weighted by molar-refractivity contribution is 5.81. The lowest BCUT2D eigenvalue weighted by Gasteiger charge is -2.29. The summed E-state index contributed by atoms with van der Waals surface area (Å²) in [4.78, 5) is 11.4. The summed E-state index contributed by atoms with van der Waals surface area (Å²) in [5.74, 6) is 0.511. The number of ether oxygens (including phenoxy) is 1. The zero-order chi connectivity index (χ0) is 12.0. The highest BCUT2D eigenvalue weighted by Gasteiger charge is 2.58. The molecule has 0 amide bonds. The minimum atomic E-state index is -0.688. The Labute approximate surface area is 96.5 Å². The molecule has 4 unspecified atom stereocenters. The topological polar surface area (TPSA) is 46.5 Å². The van der Waals surface area contributed by atoms with Crippen LogP contribution in [0.4, 0.5) is 0 Å². The van der Waals surface area contributed by atoms with Gasteiger partial charge in [-0.25, -0.2) is 4.79 Å². The Hall–Kier alpha value is -0.830. The van der Waals surface area contributed by atoms with E-state index in [1.165, 1.54) is 6.08 Å². The van der Waals surface area contributed by atoms with Gasteiger partial charge < -0.3 is 9.84 Å². The molecule has 90 valence electrons. The second-order valence-corrected chi connectivity index (χ2v) is 5.81. The van der Waals surface area contributed by atoms with E-state index in [0.717, 1.165) is 19.3 Å². The summed E-state index contributed by atoms with van der Waals surface area (Å²) in [5.41, 5.74) is -1.12. The van der Waals surface area contributed by atoms with Crippen LogP contribution in [0.15, 0.2) is 12.7 Å². The lowest BCUT2D eigenvalue weighted by molar-refractivity contribution is -0.157. The fourth-order valence-corrected chi connectivity index (χ4v) is 3.68. The van der Waals surface area contributed by atoms with Gasteiger partial charge in [-0.1, -0.05) is 13.5 Å². The molecule has 0 spiro atoms. The van der Waals surface area contributed by atoms with E-state index in [2.05, 4.69) is 13.5 Å². The van der Waals surface area contributed by atoms with Gasteiger partial charge in [-0.15, -0.1) is 0 Å². The van der Waals surface area contributed by atoms with Crippen LogP contribution in [0.1, 0.15) is 39.5 Å². The smallest absolute Gasteiger partial charge is 0.330 e. The van der Waals surface area contributed by atoms with Crippen molar-refractivity contribution in [3.8, 4) is 0 Å². The molecule has 0 aromatic rings. The Morgan fingerprint density at radius 1 is 1.56 bits per heavy atom. The molecule has 0 radical (unpaired) electrons. The molecule has 2 fully saturated rings. The van der Waals surface area contributed by atoms with Crippen LogP contribution in [0.2, 0.25) is 0 Å². The predicted octanol–water partition coefficient (Wildman–Crippen LogP) is 2.05. The standard InChI is InChI=1S/C13H20O3/c1-4-11(14)16-13-6-9(2)5-10(13)7-12(3,15)8-13/h4,9-10,15H,1,5-8H2,2-3H3. The van der Waals surface area contributed by atoms with Crippen LogP contribution in [0.5, 0.6) is 0 Å². The van der Waals surface area contributed by atoms with Gasteiger partial charge in [-0.2, -0.15) is 0 Å². The number of aliphatic hydroxyl groups is 1. The molecule has 2 aliphatic carbocycles. The predicted molar refractivity (Wildman–Crippen MR) is 60.8 cm³/mol. The summed E-state index contributed by atoms with van der Waals surface area (Å²) in [5, 5.41) is 10.1. The van der Waals surface area contributed by atoms with Gasteiger partial charge in [0.25, 0.3) is 0 Å². The molecule has 0 heterocycles. The van der Waals surface area contributed by atoms with E-state index in [-0.39, 0.29) is 5.97 Å². The van der Waals surface area contributed by atoms with Crippen LogP contribution in [-0.4, -0.2) is 22.3 Å². The molecule has 16 heavy (non-hydrogen) atoms. The lowest BCUT2D eigenvalue weighted by Crippen LogP contribution is -2.36. The maximum Gasteiger partial charge on any atom is 0.330 e. The molecule has 3 heteroatoms. The van der Waals surface area contributed by atoms with Crippen molar-refractivity contribution in [1.82, 2.24) is 0 Å². The van der Waals surface area contributed by atoms with E-state index < -0.39 is 11.2 Å². The highest BCUT2D eigenvalue weighted by atomic mass is 16.6. The SMILES string of the molecule is C=CC(=O)OC12CC(C)CC1CC(C)(O)C2. The highest BCUT2D eigenvalue weighted by Crippen LogP contribution is 2.55. The molecule has 0 bridgehead atoms. The third-order valence-electron chi connectivity index (χ3n) is 3.96. The van der Waals surface area contributed by atoms with Crippen LogP contribution in [0.25, 0.3) is 0 Å². The molecule has 2 rings (SSSR count). The maximum atomic E-state index is 11.4. The molecular formula is C13H20O3. The fraction of sp³-hybridized carbons (Fsp3) is 0.769. The molecule has 2 saturated carbocycles. The molecule has 0 aliphatic heterocycles. The van der Waals surface area contributed by atoms with Crippen LogP contribution in [0, 0.1) is 11.8 Å². The van der Waals surface area contributed by atoms with Crippen molar-refractivity contribution >= 4 is 5.97 Å². The summed E-state index contributed by atoms with van der Waals surface area (Å²) in [6, 6.07) is 0. The second-order valence-electron chi connectivity index (χ2n) is 5.81. The summed E-state index contributed by atoms with van der Waals surface area (Å²) in [7, 11) is 0. The molecular weight excluding hydrogens is 204 g/mol. The number of hydrogen-bond acceptors (Lipinski definition) is 3. The van der Waals surface area contributed by atoms with Crippen molar-refractivity contribution in [2.75, 3.05) is 0 Å². The second kappa shape index (κ2) is 3.59. The van der Waals surface area contributed by atoms with Crippen LogP contribution in [-0.2, 0) is 9.53 Å². The Balaban J connectivity index is 2.20. The monoisotopic (exact) mass is 224 g/mol. The molecule has 0 aromatic carbocycles. The Morgan fingerprint density at radius 3 is 2.88 bits per heavy atom. The van der Waals surface area contributed by atoms with E-state index in [1.54, 1.807) is 0 Å². The summed E-state index contributed by atoms with van der Waals surface area (Å²) in [6.45, 7) is 7.44. The Kier molecular flexibility index (Phi) is 2.61. The van der Waals surface area contributed by atoms with Gasteiger partial charge in [0.1, 0.15) is 5.60 Å². The van der Waals surface area contributed by atoms with E-state index in [0.29, 0.717) is 18.3 Å². The van der Waals surface area contributed by atoms with Gasteiger partial charge in [-0.05, 0) is 32.1 Å². The minimum Gasteiger partial charge on any atom is -0.456 e. The van der Waals surface area contributed by atoms with Crippen LogP contribution < -0.4 is 0 Å². The number of carbonyl (C=O) groups is 1. The van der Waals surface area contributed by atoms with Crippen LogP contribution >= 0.6 is 0 Å². The molecule has 2 aliphatic rings.